The second-order valence-corrected chi connectivity index (χ2v) is 6.32. The molecule has 2 atom stereocenters. The number of nitrogens with one attached hydrogen (secondary N) is 1. The van der Waals surface area contributed by atoms with Crippen molar-refractivity contribution in [2.45, 2.75) is 52.2 Å². The molecule has 0 bridgehead atoms. The molecule has 0 amide bonds. The largest absolute Gasteiger partial charge is 0.381 e. The number of hydrogen-bond donors (Lipinski definition) is 1. The van der Waals surface area contributed by atoms with Crippen molar-refractivity contribution in [1.82, 2.24) is 14.9 Å². The fraction of sp³-hybridized carbons (Fsp3) is 0.786. The van der Waals surface area contributed by atoms with E-state index in [1.54, 1.807) is 0 Å². The fourth-order valence-electron chi connectivity index (χ4n) is 2.32. The van der Waals surface area contributed by atoms with Crippen LogP contribution in [0.1, 0.15) is 45.9 Å². The summed E-state index contributed by atoms with van der Waals surface area (Å²) >= 11 is 0. The summed E-state index contributed by atoms with van der Waals surface area (Å²) in [6.07, 6.45) is 5.22. The van der Waals surface area contributed by atoms with Crippen LogP contribution in [0.4, 0.5) is 0 Å². The Labute approximate surface area is 110 Å². The molecule has 1 N–H and O–H groups in total. The van der Waals surface area contributed by atoms with Crippen LogP contribution in [0.25, 0.3) is 0 Å². The fourth-order valence-corrected chi connectivity index (χ4v) is 2.32. The standard InChI is InChI=1S/C14H25N3O/c1-11-9-18-6-5-13(11)17-8-12(15-10-17)7-16-14(2,3)4/h8,10-11,13,16H,5-7,9H2,1-4H3. The van der Waals surface area contributed by atoms with E-state index in [2.05, 4.69) is 48.8 Å². The molecule has 2 unspecified atom stereocenters. The van der Waals surface area contributed by atoms with Crippen LogP contribution in [-0.4, -0.2) is 28.3 Å². The van der Waals surface area contributed by atoms with Gasteiger partial charge in [-0.1, -0.05) is 6.92 Å². The molecule has 2 rings (SSSR count). The van der Waals surface area contributed by atoms with E-state index in [1.807, 2.05) is 6.33 Å². The molecule has 2 heterocycles. The van der Waals surface area contributed by atoms with Gasteiger partial charge < -0.3 is 14.6 Å². The zero-order valence-corrected chi connectivity index (χ0v) is 11.9. The summed E-state index contributed by atoms with van der Waals surface area (Å²) in [6, 6.07) is 0.537. The van der Waals surface area contributed by atoms with Crippen molar-refractivity contribution in [2.75, 3.05) is 13.2 Å². The summed E-state index contributed by atoms with van der Waals surface area (Å²) < 4.78 is 7.74. The minimum atomic E-state index is 0.135. The first kappa shape index (κ1) is 13.6. The van der Waals surface area contributed by atoms with Crippen molar-refractivity contribution < 1.29 is 4.74 Å². The molecule has 1 aromatic rings. The highest BCUT2D eigenvalue weighted by atomic mass is 16.5. The number of nitrogens with zero attached hydrogens (tertiary/aromatic N) is 2. The Kier molecular flexibility index (Phi) is 4.07. The maximum Gasteiger partial charge on any atom is 0.0952 e. The van der Waals surface area contributed by atoms with Gasteiger partial charge in [-0.3, -0.25) is 0 Å². The number of aromatic nitrogens is 2. The first-order chi connectivity index (χ1) is 8.46. The molecule has 0 aromatic carbocycles. The predicted molar refractivity (Wildman–Crippen MR) is 72.5 cm³/mol. The molecule has 1 fully saturated rings. The van der Waals surface area contributed by atoms with Gasteiger partial charge in [0.15, 0.2) is 0 Å². The Morgan fingerprint density at radius 1 is 1.50 bits per heavy atom. The summed E-state index contributed by atoms with van der Waals surface area (Å²) in [5.74, 6) is 0.566. The smallest absolute Gasteiger partial charge is 0.0952 e. The Morgan fingerprint density at radius 2 is 2.28 bits per heavy atom. The number of rotatable bonds is 3. The Morgan fingerprint density at radius 3 is 2.94 bits per heavy atom. The van der Waals surface area contributed by atoms with Gasteiger partial charge in [0.2, 0.25) is 0 Å². The Hall–Kier alpha value is -0.870. The van der Waals surface area contributed by atoms with Gasteiger partial charge in [-0.2, -0.15) is 0 Å². The van der Waals surface area contributed by atoms with Crippen molar-refractivity contribution in [3.8, 4) is 0 Å². The van der Waals surface area contributed by atoms with E-state index in [0.717, 1.165) is 31.9 Å². The molecule has 18 heavy (non-hydrogen) atoms. The number of ether oxygens (including phenoxy) is 1. The van der Waals surface area contributed by atoms with Crippen LogP contribution in [0.15, 0.2) is 12.5 Å². The second-order valence-electron chi connectivity index (χ2n) is 6.32. The van der Waals surface area contributed by atoms with E-state index >= 15 is 0 Å². The van der Waals surface area contributed by atoms with Gasteiger partial charge in [-0.05, 0) is 27.2 Å². The van der Waals surface area contributed by atoms with Gasteiger partial charge >= 0.3 is 0 Å². The summed E-state index contributed by atoms with van der Waals surface area (Å²) in [4.78, 5) is 4.49. The predicted octanol–water partition coefficient (Wildman–Crippen LogP) is 2.37. The Bertz CT molecular complexity index is 381. The van der Waals surface area contributed by atoms with Crippen molar-refractivity contribution in [3.05, 3.63) is 18.2 Å². The van der Waals surface area contributed by atoms with E-state index in [-0.39, 0.29) is 5.54 Å². The number of imidazole rings is 1. The highest BCUT2D eigenvalue weighted by Gasteiger charge is 2.23. The van der Waals surface area contributed by atoms with E-state index in [0.29, 0.717) is 12.0 Å². The van der Waals surface area contributed by atoms with E-state index in [1.165, 1.54) is 0 Å². The van der Waals surface area contributed by atoms with Gasteiger partial charge in [-0.25, -0.2) is 4.98 Å². The van der Waals surface area contributed by atoms with Crippen LogP contribution < -0.4 is 5.32 Å². The third-order valence-electron chi connectivity index (χ3n) is 3.43. The molecule has 1 saturated heterocycles. The van der Waals surface area contributed by atoms with Gasteiger partial charge in [0.1, 0.15) is 0 Å². The van der Waals surface area contributed by atoms with E-state index in [4.69, 9.17) is 4.74 Å². The molecule has 1 aliphatic rings. The zero-order chi connectivity index (χ0) is 13.2. The molecule has 4 nitrogen and oxygen atoms in total. The lowest BCUT2D eigenvalue weighted by atomic mass is 9.98. The minimum Gasteiger partial charge on any atom is -0.381 e. The van der Waals surface area contributed by atoms with Crippen LogP contribution >= 0.6 is 0 Å². The first-order valence-corrected chi connectivity index (χ1v) is 6.81. The number of hydrogen-bond acceptors (Lipinski definition) is 3. The van der Waals surface area contributed by atoms with Crippen LogP contribution in [0.3, 0.4) is 0 Å². The second kappa shape index (κ2) is 5.41. The molecule has 0 aliphatic carbocycles. The average Bonchev–Trinajstić information content (AvgIpc) is 2.75. The van der Waals surface area contributed by atoms with Crippen LogP contribution in [-0.2, 0) is 11.3 Å². The van der Waals surface area contributed by atoms with Crippen LogP contribution in [0.5, 0.6) is 0 Å². The molecule has 0 saturated carbocycles. The maximum absolute atomic E-state index is 5.49. The minimum absolute atomic E-state index is 0.135. The highest BCUT2D eigenvalue weighted by Crippen LogP contribution is 2.26. The van der Waals surface area contributed by atoms with E-state index < -0.39 is 0 Å². The quantitative estimate of drug-likeness (QED) is 0.896. The van der Waals surface area contributed by atoms with Crippen molar-refractivity contribution in [1.29, 1.82) is 0 Å². The molecular weight excluding hydrogens is 226 g/mol. The van der Waals surface area contributed by atoms with Gasteiger partial charge in [-0.15, -0.1) is 0 Å². The lowest BCUT2D eigenvalue weighted by molar-refractivity contribution is 0.0286. The molecular formula is C14H25N3O. The molecule has 0 radical (unpaired) electrons. The average molecular weight is 251 g/mol. The van der Waals surface area contributed by atoms with Gasteiger partial charge in [0.25, 0.3) is 0 Å². The van der Waals surface area contributed by atoms with Gasteiger partial charge in [0, 0.05) is 36.8 Å². The molecule has 102 valence electrons. The lowest BCUT2D eigenvalue weighted by Crippen LogP contribution is -2.35. The summed E-state index contributed by atoms with van der Waals surface area (Å²) in [6.45, 7) is 11.3. The lowest BCUT2D eigenvalue weighted by Gasteiger charge is -2.29. The van der Waals surface area contributed by atoms with Crippen LogP contribution in [0.2, 0.25) is 0 Å². The Balaban J connectivity index is 1.97. The monoisotopic (exact) mass is 251 g/mol. The van der Waals surface area contributed by atoms with Crippen LogP contribution in [0, 0.1) is 5.92 Å². The summed E-state index contributed by atoms with van der Waals surface area (Å²) in [7, 11) is 0. The highest BCUT2D eigenvalue weighted by molar-refractivity contribution is 4.99. The van der Waals surface area contributed by atoms with Crippen molar-refractivity contribution in [2.24, 2.45) is 5.92 Å². The molecule has 4 heteroatoms. The molecule has 1 aliphatic heterocycles. The zero-order valence-electron chi connectivity index (χ0n) is 11.9. The topological polar surface area (TPSA) is 39.1 Å². The van der Waals surface area contributed by atoms with Gasteiger partial charge in [0.05, 0.1) is 18.6 Å². The summed E-state index contributed by atoms with van der Waals surface area (Å²) in [5.41, 5.74) is 1.25. The normalized spacial score (nSPS) is 25.3. The van der Waals surface area contributed by atoms with Crippen molar-refractivity contribution in [3.63, 3.8) is 0 Å². The van der Waals surface area contributed by atoms with Crippen molar-refractivity contribution >= 4 is 0 Å². The first-order valence-electron chi connectivity index (χ1n) is 6.81. The third kappa shape index (κ3) is 3.56. The molecule has 0 spiro atoms. The SMILES string of the molecule is CC1COCCC1n1cnc(CNC(C)(C)C)c1. The summed E-state index contributed by atoms with van der Waals surface area (Å²) in [5, 5.41) is 3.47. The molecule has 1 aromatic heterocycles. The maximum atomic E-state index is 5.49. The van der Waals surface area contributed by atoms with E-state index in [9.17, 15) is 0 Å². The third-order valence-corrected chi connectivity index (χ3v) is 3.43.